The zero-order valence-electron chi connectivity index (χ0n) is 13.5. The van der Waals surface area contributed by atoms with Gasteiger partial charge in [0.15, 0.2) is 0 Å². The van der Waals surface area contributed by atoms with Crippen LogP contribution in [0.5, 0.6) is 0 Å². The van der Waals surface area contributed by atoms with E-state index in [1.807, 2.05) is 0 Å². The van der Waals surface area contributed by atoms with Gasteiger partial charge in [0.25, 0.3) is 0 Å². The topological polar surface area (TPSA) is 0 Å². The summed E-state index contributed by atoms with van der Waals surface area (Å²) in [6, 6.07) is 0. The molecule has 0 saturated carbocycles. The van der Waals surface area contributed by atoms with Crippen LogP contribution in [0, 0.1) is 18.3 Å². The maximum absolute atomic E-state index is 2.73. The van der Waals surface area contributed by atoms with Crippen LogP contribution in [0.1, 0.15) is 98.3 Å². The maximum atomic E-state index is 2.73. The highest BCUT2D eigenvalue weighted by Gasteiger charge is 2.15. The van der Waals surface area contributed by atoms with Crippen LogP contribution in [-0.2, 0) is 0 Å². The Hall–Kier alpha value is 0. The first-order valence-corrected chi connectivity index (χ1v) is 8.63. The van der Waals surface area contributed by atoms with Crippen molar-refractivity contribution in [3.8, 4) is 0 Å². The van der Waals surface area contributed by atoms with Gasteiger partial charge in [0.2, 0.25) is 0 Å². The van der Waals surface area contributed by atoms with E-state index >= 15 is 0 Å². The Labute approximate surface area is 117 Å². The van der Waals surface area contributed by atoms with Gasteiger partial charge < -0.3 is 0 Å². The van der Waals surface area contributed by atoms with Gasteiger partial charge in [-0.25, -0.2) is 0 Å². The minimum atomic E-state index is 0.896. The predicted octanol–water partition coefficient (Wildman–Crippen LogP) is 6.79. The molecule has 0 rings (SSSR count). The fraction of sp³-hybridized carbons (Fsp3) is 0.944. The molecule has 0 bridgehead atoms. The lowest BCUT2D eigenvalue weighted by Gasteiger charge is -2.23. The predicted molar refractivity (Wildman–Crippen MR) is 84.8 cm³/mol. The molecule has 2 atom stereocenters. The van der Waals surface area contributed by atoms with Crippen LogP contribution in [0.2, 0.25) is 0 Å². The van der Waals surface area contributed by atoms with Crippen molar-refractivity contribution in [3.63, 3.8) is 0 Å². The second-order valence-corrected chi connectivity index (χ2v) is 5.93. The summed E-state index contributed by atoms with van der Waals surface area (Å²) in [7, 11) is 0. The molecule has 0 N–H and O–H groups in total. The standard InChI is InChI=1S/C18H37/c1-5-9-11-15-18(13-8-4)16-17(12-7-3)14-10-6-2/h16-18H,5-15H2,1-4H3. The van der Waals surface area contributed by atoms with Gasteiger partial charge in [0, 0.05) is 0 Å². The first-order valence-electron chi connectivity index (χ1n) is 8.63. The van der Waals surface area contributed by atoms with Crippen LogP contribution in [0.15, 0.2) is 0 Å². The monoisotopic (exact) mass is 253 g/mol. The minimum absolute atomic E-state index is 0.896. The quantitative estimate of drug-likeness (QED) is 0.317. The van der Waals surface area contributed by atoms with Crippen molar-refractivity contribution in [2.24, 2.45) is 11.8 Å². The van der Waals surface area contributed by atoms with Crippen LogP contribution in [0.25, 0.3) is 0 Å². The van der Waals surface area contributed by atoms with Crippen molar-refractivity contribution in [2.45, 2.75) is 98.3 Å². The second-order valence-electron chi connectivity index (χ2n) is 5.93. The molecule has 0 heteroatoms. The van der Waals surface area contributed by atoms with Crippen LogP contribution < -0.4 is 0 Å². The highest BCUT2D eigenvalue weighted by atomic mass is 14.2. The second kappa shape index (κ2) is 13.4. The van der Waals surface area contributed by atoms with Crippen molar-refractivity contribution in [2.75, 3.05) is 0 Å². The molecular weight excluding hydrogens is 216 g/mol. The molecular formula is C18H37. The third-order valence-electron chi connectivity index (χ3n) is 3.97. The fourth-order valence-corrected chi connectivity index (χ4v) is 2.92. The molecule has 0 saturated heterocycles. The number of hydrogen-bond acceptors (Lipinski definition) is 0. The summed E-state index contributed by atoms with van der Waals surface area (Å²) in [4.78, 5) is 0. The molecule has 0 aromatic rings. The maximum Gasteiger partial charge on any atom is -0.0324 e. The molecule has 1 radical (unpaired) electrons. The number of rotatable bonds is 13. The van der Waals surface area contributed by atoms with Gasteiger partial charge in [0.1, 0.15) is 0 Å². The van der Waals surface area contributed by atoms with E-state index in [0.29, 0.717) is 0 Å². The largest absolute Gasteiger partial charge is 0.0654 e. The van der Waals surface area contributed by atoms with Crippen LogP contribution >= 0.6 is 0 Å². The lowest BCUT2D eigenvalue weighted by atomic mass is 9.83. The molecule has 0 fully saturated rings. The first kappa shape index (κ1) is 18.0. The Bertz CT molecular complexity index is 150. The number of hydrogen-bond donors (Lipinski definition) is 0. The minimum Gasteiger partial charge on any atom is -0.0654 e. The Morgan fingerprint density at radius 2 is 1.06 bits per heavy atom. The van der Waals surface area contributed by atoms with E-state index in [4.69, 9.17) is 0 Å². The Kier molecular flexibility index (Phi) is 13.4. The average Bonchev–Trinajstić information content (AvgIpc) is 2.36. The first-order chi connectivity index (χ1) is 8.78. The van der Waals surface area contributed by atoms with Gasteiger partial charge >= 0.3 is 0 Å². The summed E-state index contributed by atoms with van der Waals surface area (Å²) in [5.74, 6) is 1.79. The molecule has 0 aromatic carbocycles. The van der Waals surface area contributed by atoms with Gasteiger partial charge in [0.05, 0.1) is 0 Å². The third-order valence-corrected chi connectivity index (χ3v) is 3.97. The zero-order chi connectivity index (χ0) is 13.6. The lowest BCUT2D eigenvalue weighted by Crippen LogP contribution is -2.11. The summed E-state index contributed by atoms with van der Waals surface area (Å²) >= 11 is 0. The third kappa shape index (κ3) is 9.97. The molecule has 109 valence electrons. The van der Waals surface area contributed by atoms with Gasteiger partial charge in [-0.3, -0.25) is 0 Å². The molecule has 0 spiro atoms. The zero-order valence-corrected chi connectivity index (χ0v) is 13.5. The smallest absolute Gasteiger partial charge is 0.0324 e. The molecule has 2 unspecified atom stereocenters. The van der Waals surface area contributed by atoms with Gasteiger partial charge in [-0.05, 0) is 18.3 Å². The Morgan fingerprint density at radius 3 is 1.50 bits per heavy atom. The summed E-state index contributed by atoms with van der Waals surface area (Å²) in [6.07, 6.45) is 18.1. The normalized spacial score (nSPS) is 14.7. The van der Waals surface area contributed by atoms with Gasteiger partial charge in [-0.15, -0.1) is 0 Å². The van der Waals surface area contributed by atoms with Crippen molar-refractivity contribution in [1.29, 1.82) is 0 Å². The molecule has 0 aliphatic carbocycles. The average molecular weight is 253 g/mol. The molecule has 18 heavy (non-hydrogen) atoms. The summed E-state index contributed by atoms with van der Waals surface area (Å²) in [5, 5.41) is 0. The lowest BCUT2D eigenvalue weighted by molar-refractivity contribution is 0.384. The Balaban J connectivity index is 4.03. The van der Waals surface area contributed by atoms with E-state index in [1.165, 1.54) is 70.6 Å². The van der Waals surface area contributed by atoms with Crippen molar-refractivity contribution < 1.29 is 0 Å². The van der Waals surface area contributed by atoms with E-state index in [2.05, 4.69) is 34.1 Å². The summed E-state index contributed by atoms with van der Waals surface area (Å²) in [5.41, 5.74) is 0. The molecule has 0 aliphatic heterocycles. The summed E-state index contributed by atoms with van der Waals surface area (Å²) in [6.45, 7) is 9.29. The van der Waals surface area contributed by atoms with Crippen molar-refractivity contribution >= 4 is 0 Å². The molecule has 0 nitrogen and oxygen atoms in total. The van der Waals surface area contributed by atoms with E-state index in [-0.39, 0.29) is 0 Å². The molecule has 0 heterocycles. The molecule has 0 amide bonds. The van der Waals surface area contributed by atoms with E-state index in [9.17, 15) is 0 Å². The molecule has 0 aromatic heterocycles. The number of unbranched alkanes of at least 4 members (excludes halogenated alkanes) is 3. The van der Waals surface area contributed by atoms with Crippen LogP contribution in [-0.4, -0.2) is 0 Å². The van der Waals surface area contributed by atoms with Crippen molar-refractivity contribution in [3.05, 3.63) is 6.42 Å². The van der Waals surface area contributed by atoms with E-state index in [1.54, 1.807) is 0 Å². The van der Waals surface area contributed by atoms with Gasteiger partial charge in [-0.2, -0.15) is 0 Å². The van der Waals surface area contributed by atoms with E-state index in [0.717, 1.165) is 11.8 Å². The van der Waals surface area contributed by atoms with Crippen LogP contribution in [0.4, 0.5) is 0 Å². The van der Waals surface area contributed by atoms with Gasteiger partial charge in [-0.1, -0.05) is 98.3 Å². The van der Waals surface area contributed by atoms with E-state index < -0.39 is 0 Å². The Morgan fingerprint density at radius 1 is 0.556 bits per heavy atom. The van der Waals surface area contributed by atoms with Crippen molar-refractivity contribution in [1.82, 2.24) is 0 Å². The summed E-state index contributed by atoms with van der Waals surface area (Å²) < 4.78 is 0. The SMILES string of the molecule is CCCCCC([CH]C(CCC)CCCC)CCC. The highest BCUT2D eigenvalue weighted by molar-refractivity contribution is 4.83. The highest BCUT2D eigenvalue weighted by Crippen LogP contribution is 2.28. The fourth-order valence-electron chi connectivity index (χ4n) is 2.92. The van der Waals surface area contributed by atoms with Crippen LogP contribution in [0.3, 0.4) is 0 Å². The molecule has 0 aliphatic rings.